The molecule has 1 aromatic heterocycles. The number of piperidine rings is 2. The number of pyridine rings is 1. The van der Waals surface area contributed by atoms with Crippen molar-refractivity contribution in [3.8, 4) is 0 Å². The number of anilines is 4. The average molecular weight is 674 g/mol. The van der Waals surface area contributed by atoms with E-state index in [1.165, 1.54) is 26.7 Å². The number of halogens is 2. The van der Waals surface area contributed by atoms with Crippen LogP contribution in [0.25, 0.3) is 0 Å². The molecule has 1 spiro atoms. The quantitative estimate of drug-likeness (QED) is 0.319. The highest BCUT2D eigenvalue weighted by Crippen LogP contribution is 2.54. The maximum atomic E-state index is 14.3. The summed E-state index contributed by atoms with van der Waals surface area (Å²) in [7, 11) is -4.22. The Morgan fingerprint density at radius 2 is 1.60 bits per heavy atom. The van der Waals surface area contributed by atoms with Crippen LogP contribution >= 0.6 is 0 Å². The highest BCUT2D eigenvalue weighted by Gasteiger charge is 2.46. The zero-order chi connectivity index (χ0) is 33.8. The summed E-state index contributed by atoms with van der Waals surface area (Å²) in [5.74, 6) is -3.29. The van der Waals surface area contributed by atoms with E-state index in [0.717, 1.165) is 43.5 Å². The SMILES string of the molecule is CCOC(=O)C(C)(C)S(=O)(=O)Nc1cc(N2CCC3(CC2)CC3)c(C(=O)Nc2cc(C)nc(N3CCC(F)(F)CC3)c2)c2c1CCC2. The summed E-state index contributed by atoms with van der Waals surface area (Å²) in [4.78, 5) is 35.5. The second-order valence-corrected chi connectivity index (χ2v) is 16.3. The Morgan fingerprint density at radius 1 is 0.957 bits per heavy atom. The third-order valence-corrected chi connectivity index (χ3v) is 12.4. The van der Waals surface area contributed by atoms with Gasteiger partial charge in [-0.05, 0) is 101 Å². The molecule has 0 radical (unpaired) electrons. The summed E-state index contributed by atoms with van der Waals surface area (Å²) >= 11 is 0. The van der Waals surface area contributed by atoms with Gasteiger partial charge in [0.15, 0.2) is 4.75 Å². The van der Waals surface area contributed by atoms with Gasteiger partial charge < -0.3 is 19.9 Å². The number of sulfonamides is 1. The molecule has 2 aromatic rings. The van der Waals surface area contributed by atoms with E-state index in [-0.39, 0.29) is 38.4 Å². The fraction of sp³-hybridized carbons (Fsp3) is 0.618. The van der Waals surface area contributed by atoms with Crippen LogP contribution < -0.4 is 19.8 Å². The smallest absolute Gasteiger partial charge is 0.328 e. The Morgan fingerprint density at radius 3 is 2.23 bits per heavy atom. The molecule has 47 heavy (non-hydrogen) atoms. The van der Waals surface area contributed by atoms with Gasteiger partial charge in [-0.25, -0.2) is 22.2 Å². The van der Waals surface area contributed by atoms with Crippen LogP contribution in [-0.4, -0.2) is 68.7 Å². The van der Waals surface area contributed by atoms with Crippen molar-refractivity contribution in [3.63, 3.8) is 0 Å². The van der Waals surface area contributed by atoms with Crippen molar-refractivity contribution in [2.75, 3.05) is 52.6 Å². The fourth-order valence-electron chi connectivity index (χ4n) is 7.09. The Labute approximate surface area is 275 Å². The Balaban J connectivity index is 1.35. The lowest BCUT2D eigenvalue weighted by molar-refractivity contribution is -0.145. The van der Waals surface area contributed by atoms with Crippen LogP contribution in [0.1, 0.15) is 92.9 Å². The Bertz CT molecular complexity index is 1670. The van der Waals surface area contributed by atoms with Crippen molar-refractivity contribution in [1.29, 1.82) is 0 Å². The number of fused-ring (bicyclic) bond motifs is 1. The monoisotopic (exact) mass is 673 g/mol. The Hall–Kier alpha value is -3.48. The topological polar surface area (TPSA) is 121 Å². The summed E-state index contributed by atoms with van der Waals surface area (Å²) in [6.07, 6.45) is 5.87. The first-order valence-corrected chi connectivity index (χ1v) is 18.2. The maximum Gasteiger partial charge on any atom is 0.328 e. The lowest BCUT2D eigenvalue weighted by Crippen LogP contribution is -2.45. The number of amides is 1. The van der Waals surface area contributed by atoms with Crippen LogP contribution in [-0.2, 0) is 32.4 Å². The molecule has 2 aliphatic carbocycles. The van der Waals surface area contributed by atoms with Gasteiger partial charge in [0.05, 0.1) is 23.5 Å². The van der Waals surface area contributed by atoms with Crippen molar-refractivity contribution < 1.29 is 31.5 Å². The number of carbonyl (C=O) groups excluding carboxylic acids is 2. The number of benzene rings is 1. The molecule has 1 aromatic carbocycles. The van der Waals surface area contributed by atoms with Gasteiger partial charge in [0.2, 0.25) is 10.0 Å². The first kappa shape index (κ1) is 33.4. The number of nitrogens with one attached hydrogen (secondary N) is 2. The molecule has 0 unspecified atom stereocenters. The van der Waals surface area contributed by atoms with Crippen molar-refractivity contribution in [3.05, 3.63) is 40.6 Å². The van der Waals surface area contributed by atoms with Crippen molar-refractivity contribution in [2.24, 2.45) is 5.41 Å². The fourth-order valence-corrected chi connectivity index (χ4v) is 8.09. The Kier molecular flexibility index (Phi) is 8.67. The molecule has 3 fully saturated rings. The lowest BCUT2D eigenvalue weighted by atomic mass is 9.91. The van der Waals surface area contributed by atoms with E-state index < -0.39 is 26.7 Å². The lowest BCUT2D eigenvalue weighted by Gasteiger charge is -2.36. The number of alkyl halides is 2. The van der Waals surface area contributed by atoms with Gasteiger partial charge in [0.1, 0.15) is 5.82 Å². The number of aromatic nitrogens is 1. The molecule has 1 saturated carbocycles. The van der Waals surface area contributed by atoms with Gasteiger partial charge >= 0.3 is 5.97 Å². The molecule has 256 valence electrons. The minimum atomic E-state index is -4.22. The van der Waals surface area contributed by atoms with Gasteiger partial charge in [0.25, 0.3) is 11.8 Å². The van der Waals surface area contributed by atoms with Gasteiger partial charge in [0, 0.05) is 56.5 Å². The van der Waals surface area contributed by atoms with Gasteiger partial charge in [-0.1, -0.05) is 0 Å². The molecule has 4 aliphatic rings. The minimum Gasteiger partial charge on any atom is -0.465 e. The zero-order valence-corrected chi connectivity index (χ0v) is 28.5. The molecule has 10 nitrogen and oxygen atoms in total. The molecule has 13 heteroatoms. The van der Waals surface area contributed by atoms with Crippen molar-refractivity contribution in [2.45, 2.75) is 96.2 Å². The van der Waals surface area contributed by atoms with Crippen LogP contribution in [0.2, 0.25) is 0 Å². The second-order valence-electron chi connectivity index (χ2n) is 14.1. The van der Waals surface area contributed by atoms with Crippen molar-refractivity contribution in [1.82, 2.24) is 4.98 Å². The summed E-state index contributed by atoms with van der Waals surface area (Å²) < 4.78 is 60.9. The van der Waals surface area contributed by atoms with E-state index in [4.69, 9.17) is 4.74 Å². The van der Waals surface area contributed by atoms with Crippen LogP contribution in [0.3, 0.4) is 0 Å². The number of rotatable bonds is 9. The number of esters is 1. The molecule has 2 aliphatic heterocycles. The van der Waals surface area contributed by atoms with Crippen LogP contribution in [0.15, 0.2) is 18.2 Å². The number of aryl methyl sites for hydroxylation is 1. The van der Waals surface area contributed by atoms with Crippen molar-refractivity contribution >= 4 is 44.8 Å². The van der Waals surface area contributed by atoms with E-state index in [0.29, 0.717) is 52.4 Å². The molecule has 3 heterocycles. The maximum absolute atomic E-state index is 14.3. The number of ether oxygens (including phenoxy) is 1. The molecule has 1 amide bonds. The predicted molar refractivity (Wildman–Crippen MR) is 178 cm³/mol. The molecule has 0 atom stereocenters. The first-order chi connectivity index (χ1) is 22.1. The summed E-state index contributed by atoms with van der Waals surface area (Å²) in [5.41, 5.74) is 4.66. The first-order valence-electron chi connectivity index (χ1n) is 16.7. The number of carbonyl (C=O) groups is 2. The summed E-state index contributed by atoms with van der Waals surface area (Å²) in [6.45, 7) is 8.00. The molecule has 6 rings (SSSR count). The van der Waals surface area contributed by atoms with Crippen LogP contribution in [0, 0.1) is 12.3 Å². The second kappa shape index (κ2) is 12.2. The predicted octanol–water partition coefficient (Wildman–Crippen LogP) is 5.83. The molecule has 2 saturated heterocycles. The molecular weight excluding hydrogens is 628 g/mol. The van der Waals surface area contributed by atoms with Crippen LogP contribution in [0.5, 0.6) is 0 Å². The van der Waals surface area contributed by atoms with Crippen LogP contribution in [0.4, 0.5) is 31.7 Å². The molecule has 0 bridgehead atoms. The standard InChI is InChI=1S/C34H45F2N5O5S/c1-5-46-31(43)32(3,4)47(44,45)39-26-21-27(40-15-11-33(9-10-33)12-16-40)29(25-8-6-7-24(25)26)30(42)38-23-19-22(2)37-28(20-23)41-17-13-34(35,36)14-18-41/h19-21,39H,5-18H2,1-4H3,(H,37,38,42). The summed E-state index contributed by atoms with van der Waals surface area (Å²) in [5, 5.41) is 3.07. The third-order valence-electron chi connectivity index (χ3n) is 10.4. The number of hydrogen-bond donors (Lipinski definition) is 2. The number of hydrogen-bond acceptors (Lipinski definition) is 8. The largest absolute Gasteiger partial charge is 0.465 e. The van der Waals surface area contributed by atoms with E-state index in [9.17, 15) is 26.8 Å². The normalized spacial score (nSPS) is 20.1. The van der Waals surface area contributed by atoms with E-state index >= 15 is 0 Å². The highest BCUT2D eigenvalue weighted by molar-refractivity contribution is 7.94. The molecular formula is C34H45F2N5O5S. The van der Waals surface area contributed by atoms with Gasteiger partial charge in [-0.3, -0.25) is 14.3 Å². The minimum absolute atomic E-state index is 0.0596. The van der Waals surface area contributed by atoms with Gasteiger partial charge in [-0.15, -0.1) is 0 Å². The van der Waals surface area contributed by atoms with E-state index in [2.05, 4.69) is 19.9 Å². The van der Waals surface area contributed by atoms with E-state index in [1.54, 1.807) is 32.0 Å². The summed E-state index contributed by atoms with van der Waals surface area (Å²) in [6, 6.07) is 5.25. The number of nitrogens with zero attached hydrogens (tertiary/aromatic N) is 3. The van der Waals surface area contributed by atoms with E-state index in [1.807, 2.05) is 4.90 Å². The average Bonchev–Trinajstić information content (AvgIpc) is 3.56. The van der Waals surface area contributed by atoms with Gasteiger partial charge in [-0.2, -0.15) is 0 Å². The zero-order valence-electron chi connectivity index (χ0n) is 27.7. The third kappa shape index (κ3) is 6.64. The molecule has 2 N–H and O–H groups in total. The highest BCUT2D eigenvalue weighted by atomic mass is 32.2.